The van der Waals surface area contributed by atoms with E-state index in [4.69, 9.17) is 0 Å². The van der Waals surface area contributed by atoms with Gasteiger partial charge in [-0.2, -0.15) is 4.33 Å². The van der Waals surface area contributed by atoms with Gasteiger partial charge in [-0.1, -0.05) is 36.4 Å². The maximum absolute atomic E-state index is 11.6. The Morgan fingerprint density at radius 1 is 0.796 bits per heavy atom. The van der Waals surface area contributed by atoms with Crippen molar-refractivity contribution in [2.75, 3.05) is 18.0 Å². The molecule has 0 aromatic heterocycles. The first-order chi connectivity index (χ1) is 24.8. The quantitative estimate of drug-likeness (QED) is 0.0414. The van der Waals surface area contributed by atoms with E-state index in [2.05, 4.69) is 9.37 Å². The maximum atomic E-state index is 11.6. The van der Waals surface area contributed by atoms with Gasteiger partial charge in [0.15, 0.2) is 12.3 Å². The van der Waals surface area contributed by atoms with E-state index in [0.29, 0.717) is 59.8 Å². The summed E-state index contributed by atoms with van der Waals surface area (Å²) >= 11 is 0.648. The van der Waals surface area contributed by atoms with E-state index in [1.807, 2.05) is 71.9 Å². The first-order valence-electron chi connectivity index (χ1n) is 15.9. The molecule has 0 bridgehead atoms. The molecule has 0 radical (unpaired) electrons. The Morgan fingerprint density at radius 2 is 1.39 bits per heavy atom. The van der Waals surface area contributed by atoms with Crippen LogP contribution < -0.4 is 69.3 Å². The summed E-state index contributed by atoms with van der Waals surface area (Å²) in [4.78, 5) is 1.85. The summed E-state index contributed by atoms with van der Waals surface area (Å²) in [5.74, 6) is -0.0503. The third-order valence-corrected chi connectivity index (χ3v) is 10.6. The topological polar surface area (TPSA) is 182 Å². The number of benzene rings is 4. The minimum absolute atomic E-state index is 0. The van der Waals surface area contributed by atoms with E-state index < -0.39 is 20.2 Å². The second-order valence-electron chi connectivity index (χ2n) is 11.6. The molecule has 12 nitrogen and oxygen atoms in total. The predicted molar refractivity (Wildman–Crippen MR) is 192 cm³/mol. The SMILES string of the molecule is CCN(Cc1cccc(S(=O)(=O)[O-])c1)c1ccc(C(=C2C=CC(=[N+](CC)Cc3cccc(S(=O)(=O)[O-])c3)C=C2)c2ccc(O)cc2SOO[O-])cc1.[Na+].[Na+]. The number of nitrogens with zero attached hydrogens (tertiary/aromatic N) is 2. The molecule has 4 aromatic carbocycles. The van der Waals surface area contributed by atoms with Gasteiger partial charge in [-0.3, -0.25) is 5.04 Å². The fourth-order valence-electron chi connectivity index (χ4n) is 5.80. The van der Waals surface area contributed by atoms with Crippen molar-refractivity contribution < 1.29 is 109 Å². The third kappa shape index (κ3) is 12.0. The standard InChI is InChI=1S/C37H36N2O10S3.2Na/c1-3-38(24-26-7-5-9-33(21-26)51(42,43)44)30-15-11-28(12-16-30)37(35-20-19-32(40)23-36(35)50-49-48-41)29-13-17-31(18-14-29)39(4-2)25-27-8-6-10-34(22-27)52(45,46)47;;/h5-23H,3-4,24-25H2,1-2H3,(H3,41,42,43,44,45,46,47);;/q;2*+1/p-2. The molecule has 5 rings (SSSR count). The van der Waals surface area contributed by atoms with Crippen LogP contribution in [0.4, 0.5) is 5.69 Å². The van der Waals surface area contributed by atoms with Gasteiger partial charge in [0.05, 0.1) is 26.7 Å². The molecule has 0 spiro atoms. The Hall–Kier alpha value is -2.58. The van der Waals surface area contributed by atoms with Gasteiger partial charge in [-0.25, -0.2) is 21.4 Å². The van der Waals surface area contributed by atoms with Crippen LogP contribution in [-0.2, 0) is 42.7 Å². The molecule has 0 fully saturated rings. The summed E-state index contributed by atoms with van der Waals surface area (Å²) in [6, 6.07) is 24.2. The van der Waals surface area contributed by atoms with Crippen molar-refractivity contribution in [3.63, 3.8) is 0 Å². The van der Waals surface area contributed by atoms with Gasteiger partial charge < -0.3 is 24.4 Å². The van der Waals surface area contributed by atoms with Gasteiger partial charge in [0.25, 0.3) is 0 Å². The van der Waals surface area contributed by atoms with E-state index in [0.717, 1.165) is 28.1 Å². The molecule has 0 unspecified atom stereocenters. The minimum Gasteiger partial charge on any atom is -0.744 e. The summed E-state index contributed by atoms with van der Waals surface area (Å²) in [7, 11) is -9.20. The first kappa shape index (κ1) is 45.8. The largest absolute Gasteiger partial charge is 1.00 e. The number of allylic oxidation sites excluding steroid dienone is 5. The molecule has 1 aliphatic carbocycles. The van der Waals surface area contributed by atoms with Crippen molar-refractivity contribution in [2.45, 2.75) is 41.6 Å². The summed E-state index contributed by atoms with van der Waals surface area (Å²) in [5.41, 5.74) is 5.93. The van der Waals surface area contributed by atoms with Gasteiger partial charge in [0, 0.05) is 36.5 Å². The van der Waals surface area contributed by atoms with E-state index in [1.54, 1.807) is 18.2 Å². The molecule has 0 aliphatic heterocycles. The zero-order valence-corrected chi connectivity index (χ0v) is 36.5. The smallest absolute Gasteiger partial charge is 0.744 e. The summed E-state index contributed by atoms with van der Waals surface area (Å²) < 4.78 is 76.2. The van der Waals surface area contributed by atoms with Crippen molar-refractivity contribution in [1.82, 2.24) is 0 Å². The third-order valence-electron chi connectivity index (χ3n) is 8.31. The van der Waals surface area contributed by atoms with Gasteiger partial charge in [0.2, 0.25) is 0 Å². The molecule has 0 amide bonds. The van der Waals surface area contributed by atoms with Crippen LogP contribution in [0.2, 0.25) is 0 Å². The Balaban J connectivity index is 0.00000392. The average molecular weight is 809 g/mol. The molecule has 17 heteroatoms. The molecule has 0 heterocycles. The van der Waals surface area contributed by atoms with Crippen LogP contribution in [0.15, 0.2) is 136 Å². The van der Waals surface area contributed by atoms with Crippen LogP contribution in [0.1, 0.15) is 36.1 Å². The van der Waals surface area contributed by atoms with E-state index in [1.165, 1.54) is 48.5 Å². The molecule has 272 valence electrons. The monoisotopic (exact) mass is 808 g/mol. The molecule has 0 saturated carbocycles. The number of hydrogen-bond donors (Lipinski definition) is 1. The number of rotatable bonds is 14. The number of anilines is 1. The fraction of sp³-hybridized carbons (Fsp3) is 0.162. The Kier molecular flexibility index (Phi) is 17.4. The molecular formula is C37H34N2Na2O10S3. The van der Waals surface area contributed by atoms with Gasteiger partial charge in [-0.05, 0) is 108 Å². The van der Waals surface area contributed by atoms with Crippen LogP contribution in [-0.4, -0.2) is 54.4 Å². The second kappa shape index (κ2) is 20.5. The number of hydrogen-bond acceptors (Lipinski definition) is 12. The zero-order chi connectivity index (χ0) is 37.5. The van der Waals surface area contributed by atoms with Gasteiger partial charge in [0.1, 0.15) is 32.5 Å². The predicted octanol–water partition coefficient (Wildman–Crippen LogP) is -0.933. The number of aromatic hydroxyl groups is 1. The molecule has 1 aliphatic rings. The molecule has 54 heavy (non-hydrogen) atoms. The van der Waals surface area contributed by atoms with E-state index in [-0.39, 0.29) is 74.7 Å². The summed E-state index contributed by atoms with van der Waals surface area (Å²) in [6.45, 7) is 5.80. The summed E-state index contributed by atoms with van der Waals surface area (Å²) in [6.07, 6.45) is 7.67. The van der Waals surface area contributed by atoms with Crippen molar-refractivity contribution in [3.05, 3.63) is 143 Å². The normalized spacial score (nSPS) is 12.5. The maximum Gasteiger partial charge on any atom is 1.00 e. The van der Waals surface area contributed by atoms with Crippen LogP contribution in [0.3, 0.4) is 0 Å². The van der Waals surface area contributed by atoms with Gasteiger partial charge >= 0.3 is 59.1 Å². The second-order valence-corrected chi connectivity index (χ2v) is 15.1. The summed E-state index contributed by atoms with van der Waals surface area (Å²) in [5, 5.41) is 24.6. The Labute approximate surface area is 363 Å². The minimum atomic E-state index is -4.60. The first-order valence-corrected chi connectivity index (χ1v) is 19.5. The van der Waals surface area contributed by atoms with Crippen LogP contribution >= 0.6 is 12.0 Å². The Morgan fingerprint density at radius 3 is 1.94 bits per heavy atom. The Bertz CT molecular complexity index is 2280. The van der Waals surface area contributed by atoms with Crippen LogP contribution in [0.25, 0.3) is 5.57 Å². The van der Waals surface area contributed by atoms with Crippen LogP contribution in [0.5, 0.6) is 5.75 Å². The van der Waals surface area contributed by atoms with E-state index >= 15 is 0 Å². The van der Waals surface area contributed by atoms with Crippen molar-refractivity contribution in [3.8, 4) is 5.75 Å². The molecule has 0 saturated heterocycles. The molecular weight excluding hydrogens is 775 g/mol. The molecule has 0 atom stereocenters. The van der Waals surface area contributed by atoms with Crippen LogP contribution in [0, 0.1) is 0 Å². The fourth-order valence-corrected chi connectivity index (χ4v) is 7.42. The van der Waals surface area contributed by atoms with E-state index in [9.17, 15) is 36.3 Å². The number of phenols is 1. The van der Waals surface area contributed by atoms with Crippen molar-refractivity contribution in [1.29, 1.82) is 0 Å². The van der Waals surface area contributed by atoms with Crippen molar-refractivity contribution in [2.24, 2.45) is 0 Å². The molecule has 4 aromatic rings. The van der Waals surface area contributed by atoms with Gasteiger partial charge in [-0.15, -0.1) is 0 Å². The zero-order valence-electron chi connectivity index (χ0n) is 30.0. The average Bonchev–Trinajstić information content (AvgIpc) is 3.13. The molecule has 1 N–H and O–H groups in total. The van der Waals surface area contributed by atoms with Crippen molar-refractivity contribution >= 4 is 49.3 Å². The number of phenolic OH excluding ortho intramolecular Hbond substituents is 1.